The van der Waals surface area contributed by atoms with Crippen LogP contribution in [0.4, 0.5) is 5.69 Å². The van der Waals surface area contributed by atoms with Gasteiger partial charge >= 0.3 is 5.97 Å². The molecule has 184 valence electrons. The van der Waals surface area contributed by atoms with Crippen molar-refractivity contribution < 1.29 is 19.5 Å². The van der Waals surface area contributed by atoms with Crippen LogP contribution in [0.2, 0.25) is 0 Å². The molecule has 1 N–H and O–H groups in total. The molecule has 5 nitrogen and oxygen atoms in total. The van der Waals surface area contributed by atoms with Crippen molar-refractivity contribution in [2.75, 3.05) is 12.1 Å². The van der Waals surface area contributed by atoms with Crippen LogP contribution < -0.4 is 5.06 Å². The summed E-state index contributed by atoms with van der Waals surface area (Å²) in [4.78, 5) is 28.8. The predicted molar refractivity (Wildman–Crippen MR) is 135 cm³/mol. The third-order valence-corrected chi connectivity index (χ3v) is 9.14. The second-order valence-electron chi connectivity index (χ2n) is 10.9. The highest BCUT2D eigenvalue weighted by molar-refractivity contribution is 5.93. The predicted octanol–water partition coefficient (Wildman–Crippen LogP) is 5.25. The van der Waals surface area contributed by atoms with E-state index in [0.29, 0.717) is 24.7 Å². The van der Waals surface area contributed by atoms with Crippen LogP contribution in [0.5, 0.6) is 0 Å². The maximum absolute atomic E-state index is 12.2. The van der Waals surface area contributed by atoms with Crippen molar-refractivity contribution in [1.82, 2.24) is 0 Å². The zero-order valence-electron chi connectivity index (χ0n) is 21.2. The number of allylic oxidation sites excluding steroid dienone is 4. The largest absolute Gasteiger partial charge is 0.377 e. The summed E-state index contributed by atoms with van der Waals surface area (Å²) in [5.41, 5.74) is 4.85. The molecule has 0 aliphatic heterocycles. The highest BCUT2D eigenvalue weighted by Crippen LogP contribution is 2.66. The average Bonchev–Trinajstić information content (AvgIpc) is 3.08. The van der Waals surface area contributed by atoms with Crippen molar-refractivity contribution in [3.63, 3.8) is 0 Å². The second kappa shape index (κ2) is 8.68. The Kier molecular flexibility index (Phi) is 5.92. The Labute approximate surface area is 208 Å². The van der Waals surface area contributed by atoms with Gasteiger partial charge in [0.1, 0.15) is 5.60 Å². The highest BCUT2D eigenvalue weighted by Gasteiger charge is 2.62. The first kappa shape index (κ1) is 23.9. The molecule has 1 aromatic carbocycles. The number of anilines is 1. The third-order valence-electron chi connectivity index (χ3n) is 9.14. The van der Waals surface area contributed by atoms with Crippen LogP contribution in [0.25, 0.3) is 0 Å². The molecule has 4 aliphatic carbocycles. The summed E-state index contributed by atoms with van der Waals surface area (Å²) in [5.74, 6) is 7.05. The molecule has 0 aromatic heterocycles. The minimum Gasteiger partial charge on any atom is -0.377 e. The molecule has 5 heteroatoms. The van der Waals surface area contributed by atoms with Crippen molar-refractivity contribution in [3.8, 4) is 11.8 Å². The summed E-state index contributed by atoms with van der Waals surface area (Å²) >= 11 is 0. The molecule has 1 aromatic rings. The van der Waals surface area contributed by atoms with Crippen LogP contribution >= 0.6 is 0 Å². The van der Waals surface area contributed by atoms with E-state index in [2.05, 4.69) is 30.9 Å². The van der Waals surface area contributed by atoms with Gasteiger partial charge in [0.05, 0.1) is 5.69 Å². The minimum absolute atomic E-state index is 0.157. The van der Waals surface area contributed by atoms with Gasteiger partial charge in [-0.2, -0.15) is 0 Å². The Hall–Kier alpha value is -2.84. The van der Waals surface area contributed by atoms with Gasteiger partial charge < -0.3 is 9.94 Å². The van der Waals surface area contributed by atoms with E-state index in [1.807, 2.05) is 25.1 Å². The van der Waals surface area contributed by atoms with E-state index in [4.69, 9.17) is 4.84 Å². The van der Waals surface area contributed by atoms with E-state index in [0.717, 1.165) is 37.8 Å². The fourth-order valence-corrected chi connectivity index (χ4v) is 7.54. The lowest BCUT2D eigenvalue weighted by Crippen LogP contribution is -2.51. The van der Waals surface area contributed by atoms with Crippen LogP contribution in [-0.2, 0) is 14.4 Å². The molecule has 0 heterocycles. The summed E-state index contributed by atoms with van der Waals surface area (Å²) in [6.07, 6.45) is 7.80. The molecule has 2 saturated carbocycles. The van der Waals surface area contributed by atoms with Gasteiger partial charge in [0, 0.05) is 31.7 Å². The highest BCUT2D eigenvalue weighted by atomic mass is 16.7. The Morgan fingerprint density at radius 3 is 2.60 bits per heavy atom. The Balaban J connectivity index is 1.61. The third kappa shape index (κ3) is 3.83. The summed E-state index contributed by atoms with van der Waals surface area (Å²) in [6, 6.07) is 8.23. The average molecular weight is 474 g/mol. The first-order chi connectivity index (χ1) is 16.7. The zero-order chi connectivity index (χ0) is 25.0. The van der Waals surface area contributed by atoms with E-state index in [1.54, 1.807) is 7.05 Å². The van der Waals surface area contributed by atoms with Crippen molar-refractivity contribution in [2.45, 2.75) is 77.2 Å². The Bertz CT molecular complexity index is 1180. The zero-order valence-corrected chi connectivity index (χ0v) is 21.2. The number of ketones is 1. The topological polar surface area (TPSA) is 66.8 Å². The smallest absolute Gasteiger partial charge is 0.329 e. The molecular formula is C30H35NO4. The monoisotopic (exact) mass is 473 g/mol. The van der Waals surface area contributed by atoms with Crippen molar-refractivity contribution in [1.29, 1.82) is 0 Å². The van der Waals surface area contributed by atoms with Crippen LogP contribution in [0, 0.1) is 29.1 Å². The molecule has 35 heavy (non-hydrogen) atoms. The number of hydrogen-bond donors (Lipinski definition) is 1. The standard InChI is InChI=1S/C30H35NO4/c1-5-15-30(34)16-14-27-25-12-8-21-17-23(33)11-13-24(21)28(25)26(18-29(27,30)3)20-6-9-22(10-7-20)31(4)35-19(2)32/h6-7,9-10,17,25-27,34H,8,11-14,16,18H2,1-4H3/t25?,26-,27?,29+,30+/m1/s1. The van der Waals surface area contributed by atoms with Gasteiger partial charge in [0.2, 0.25) is 0 Å². The van der Waals surface area contributed by atoms with Gasteiger partial charge in [0.25, 0.3) is 0 Å². The lowest BCUT2D eigenvalue weighted by molar-refractivity contribution is -0.141. The van der Waals surface area contributed by atoms with Gasteiger partial charge in [-0.05, 0) is 92.2 Å². The van der Waals surface area contributed by atoms with E-state index >= 15 is 0 Å². The number of carbonyl (C=O) groups is 2. The molecular weight excluding hydrogens is 438 g/mol. The number of rotatable bonds is 3. The molecule has 2 unspecified atom stereocenters. The number of nitrogens with zero attached hydrogens (tertiary/aromatic N) is 1. The molecule has 0 amide bonds. The number of carbonyl (C=O) groups excluding carboxylic acids is 2. The van der Waals surface area contributed by atoms with Gasteiger partial charge in [-0.1, -0.05) is 30.6 Å². The molecule has 0 bridgehead atoms. The summed E-state index contributed by atoms with van der Waals surface area (Å²) in [7, 11) is 1.72. The van der Waals surface area contributed by atoms with Gasteiger partial charge in [0.15, 0.2) is 5.78 Å². The summed E-state index contributed by atoms with van der Waals surface area (Å²) in [5, 5.41) is 13.2. The maximum atomic E-state index is 12.2. The van der Waals surface area contributed by atoms with E-state index in [-0.39, 0.29) is 23.1 Å². The van der Waals surface area contributed by atoms with Gasteiger partial charge in [-0.25, -0.2) is 5.06 Å². The SMILES string of the molecule is CC#C[C@]1(O)CCC2C3CCC4=CC(=O)CCC4=C3[C@@H](c3ccc(N(C)OC(C)=O)cc3)C[C@@]21C. The second-order valence-corrected chi connectivity index (χ2v) is 10.9. The number of hydrogen-bond acceptors (Lipinski definition) is 5. The van der Waals surface area contributed by atoms with Crippen molar-refractivity contribution in [2.24, 2.45) is 17.3 Å². The fraction of sp³-hybridized carbons (Fsp3) is 0.533. The normalized spacial score (nSPS) is 33.6. The number of fused-ring (bicyclic) bond motifs is 4. The lowest BCUT2D eigenvalue weighted by Gasteiger charge is -2.53. The molecule has 0 spiro atoms. The van der Waals surface area contributed by atoms with E-state index < -0.39 is 5.60 Å². The number of benzene rings is 1. The lowest BCUT2D eigenvalue weighted by atomic mass is 9.51. The molecule has 0 radical (unpaired) electrons. The summed E-state index contributed by atoms with van der Waals surface area (Å²) < 4.78 is 0. The first-order valence-corrected chi connectivity index (χ1v) is 12.8. The van der Waals surface area contributed by atoms with Crippen molar-refractivity contribution in [3.05, 3.63) is 52.6 Å². The Morgan fingerprint density at radius 2 is 1.91 bits per heavy atom. The fourth-order valence-electron chi connectivity index (χ4n) is 7.54. The molecule has 4 aliphatic rings. The molecule has 2 fully saturated rings. The molecule has 0 saturated heterocycles. The number of aliphatic hydroxyl groups is 1. The number of hydroxylamine groups is 1. The van der Waals surface area contributed by atoms with E-state index in [1.165, 1.54) is 34.3 Å². The molecule has 5 atom stereocenters. The van der Waals surface area contributed by atoms with Gasteiger partial charge in [-0.3, -0.25) is 9.59 Å². The van der Waals surface area contributed by atoms with Crippen LogP contribution in [-0.4, -0.2) is 29.5 Å². The van der Waals surface area contributed by atoms with Crippen LogP contribution in [0.15, 0.2) is 47.1 Å². The van der Waals surface area contributed by atoms with Crippen LogP contribution in [0.1, 0.15) is 77.2 Å². The molecule has 5 rings (SSSR count). The Morgan fingerprint density at radius 1 is 1.17 bits per heavy atom. The van der Waals surface area contributed by atoms with E-state index in [9.17, 15) is 14.7 Å². The van der Waals surface area contributed by atoms with Crippen LogP contribution in [0.3, 0.4) is 0 Å². The minimum atomic E-state index is -0.977. The van der Waals surface area contributed by atoms with Crippen molar-refractivity contribution >= 4 is 17.4 Å². The summed E-state index contributed by atoms with van der Waals surface area (Å²) in [6.45, 7) is 5.46. The van der Waals surface area contributed by atoms with Gasteiger partial charge in [-0.15, -0.1) is 5.92 Å². The maximum Gasteiger partial charge on any atom is 0.329 e. The quantitative estimate of drug-likeness (QED) is 0.479. The first-order valence-electron chi connectivity index (χ1n) is 12.8.